The van der Waals surface area contributed by atoms with Crippen LogP contribution in [0.1, 0.15) is 26.2 Å². The number of rotatable bonds is 4. The Morgan fingerprint density at radius 2 is 2.29 bits per heavy atom. The standard InChI is InChI=1S/C10H21N3O/c1-4-5-10(6-7-11-8-10)9(14)12-13(2)3/h11H,4-8H2,1-3H3,(H,12,14). The van der Waals surface area contributed by atoms with Gasteiger partial charge in [0.15, 0.2) is 0 Å². The summed E-state index contributed by atoms with van der Waals surface area (Å²) in [6, 6.07) is 0. The molecule has 1 amide bonds. The molecular weight excluding hydrogens is 178 g/mol. The molecule has 0 aromatic rings. The van der Waals surface area contributed by atoms with Crippen LogP contribution in [0.4, 0.5) is 0 Å². The van der Waals surface area contributed by atoms with Crippen LogP contribution in [0, 0.1) is 5.41 Å². The van der Waals surface area contributed by atoms with Crippen molar-refractivity contribution in [3.63, 3.8) is 0 Å². The summed E-state index contributed by atoms with van der Waals surface area (Å²) in [6.07, 6.45) is 2.99. The lowest BCUT2D eigenvalue weighted by Crippen LogP contribution is -2.47. The molecule has 0 saturated carbocycles. The van der Waals surface area contributed by atoms with Crippen LogP contribution in [0.15, 0.2) is 0 Å². The predicted octanol–water partition coefficient (Wildman–Crippen LogP) is 0.359. The lowest BCUT2D eigenvalue weighted by molar-refractivity contribution is -0.134. The Morgan fingerprint density at radius 1 is 1.57 bits per heavy atom. The number of carbonyl (C=O) groups is 1. The van der Waals surface area contributed by atoms with E-state index < -0.39 is 0 Å². The second-order valence-electron chi connectivity index (χ2n) is 4.29. The number of amides is 1. The van der Waals surface area contributed by atoms with Crippen molar-refractivity contribution in [1.82, 2.24) is 15.8 Å². The zero-order chi connectivity index (χ0) is 10.6. The maximum Gasteiger partial charge on any atom is 0.241 e. The average Bonchev–Trinajstić information content (AvgIpc) is 2.53. The van der Waals surface area contributed by atoms with Gasteiger partial charge in [-0.05, 0) is 19.4 Å². The van der Waals surface area contributed by atoms with Gasteiger partial charge in [-0.1, -0.05) is 13.3 Å². The Bertz CT molecular complexity index is 198. The Hall–Kier alpha value is -0.610. The van der Waals surface area contributed by atoms with Crippen LogP contribution >= 0.6 is 0 Å². The molecule has 0 aromatic carbocycles. The number of hydrogen-bond acceptors (Lipinski definition) is 3. The van der Waals surface area contributed by atoms with E-state index in [2.05, 4.69) is 17.7 Å². The van der Waals surface area contributed by atoms with Gasteiger partial charge in [0.25, 0.3) is 0 Å². The molecule has 0 aliphatic carbocycles. The van der Waals surface area contributed by atoms with Gasteiger partial charge in [-0.3, -0.25) is 10.2 Å². The molecule has 4 heteroatoms. The monoisotopic (exact) mass is 199 g/mol. The van der Waals surface area contributed by atoms with Crippen molar-refractivity contribution in [3.8, 4) is 0 Å². The van der Waals surface area contributed by atoms with Crippen molar-refractivity contribution in [1.29, 1.82) is 0 Å². The smallest absolute Gasteiger partial charge is 0.241 e. The van der Waals surface area contributed by atoms with Gasteiger partial charge in [-0.25, -0.2) is 5.01 Å². The molecule has 0 spiro atoms. The Morgan fingerprint density at radius 3 is 2.71 bits per heavy atom. The third kappa shape index (κ3) is 2.45. The van der Waals surface area contributed by atoms with E-state index in [1.54, 1.807) is 5.01 Å². The summed E-state index contributed by atoms with van der Waals surface area (Å²) in [5, 5.41) is 4.99. The minimum atomic E-state index is -0.168. The van der Waals surface area contributed by atoms with Gasteiger partial charge < -0.3 is 5.32 Å². The quantitative estimate of drug-likeness (QED) is 0.643. The molecule has 0 bridgehead atoms. The first-order valence-corrected chi connectivity index (χ1v) is 5.30. The molecule has 1 rings (SSSR count). The fourth-order valence-electron chi connectivity index (χ4n) is 2.06. The minimum Gasteiger partial charge on any atom is -0.316 e. The highest BCUT2D eigenvalue weighted by molar-refractivity contribution is 5.82. The molecule has 1 fully saturated rings. The number of carbonyl (C=O) groups excluding carboxylic acids is 1. The summed E-state index contributed by atoms with van der Waals surface area (Å²) in [5.41, 5.74) is 2.70. The molecule has 1 heterocycles. The fourth-order valence-corrected chi connectivity index (χ4v) is 2.06. The third-order valence-electron chi connectivity index (χ3n) is 2.78. The maximum atomic E-state index is 12.0. The summed E-state index contributed by atoms with van der Waals surface area (Å²) < 4.78 is 0. The van der Waals surface area contributed by atoms with E-state index in [1.807, 2.05) is 14.1 Å². The molecule has 4 nitrogen and oxygen atoms in total. The van der Waals surface area contributed by atoms with Crippen LogP contribution in [-0.4, -0.2) is 38.1 Å². The van der Waals surface area contributed by atoms with Crippen molar-refractivity contribution in [2.75, 3.05) is 27.2 Å². The molecule has 2 N–H and O–H groups in total. The van der Waals surface area contributed by atoms with Crippen molar-refractivity contribution >= 4 is 5.91 Å². The number of nitrogens with zero attached hydrogens (tertiary/aromatic N) is 1. The maximum absolute atomic E-state index is 12.0. The first-order chi connectivity index (χ1) is 6.60. The summed E-state index contributed by atoms with van der Waals surface area (Å²) >= 11 is 0. The van der Waals surface area contributed by atoms with Crippen LogP contribution in [0.25, 0.3) is 0 Å². The molecule has 1 atom stereocenters. The molecule has 82 valence electrons. The first kappa shape index (κ1) is 11.5. The van der Waals surface area contributed by atoms with Gasteiger partial charge in [0.05, 0.1) is 5.41 Å². The largest absolute Gasteiger partial charge is 0.316 e. The highest BCUT2D eigenvalue weighted by atomic mass is 16.2. The SMILES string of the molecule is CCCC1(C(=O)NN(C)C)CCNC1. The van der Waals surface area contributed by atoms with Crippen LogP contribution in [-0.2, 0) is 4.79 Å². The lowest BCUT2D eigenvalue weighted by atomic mass is 9.82. The van der Waals surface area contributed by atoms with E-state index in [1.165, 1.54) is 0 Å². The summed E-state index contributed by atoms with van der Waals surface area (Å²) in [5.74, 6) is 0.161. The summed E-state index contributed by atoms with van der Waals surface area (Å²) in [7, 11) is 3.69. The topological polar surface area (TPSA) is 44.4 Å². The second kappa shape index (κ2) is 4.75. The van der Waals surface area contributed by atoms with Gasteiger partial charge >= 0.3 is 0 Å². The molecule has 1 unspecified atom stereocenters. The van der Waals surface area contributed by atoms with Gasteiger partial charge in [0, 0.05) is 20.6 Å². The van der Waals surface area contributed by atoms with Crippen molar-refractivity contribution in [2.24, 2.45) is 5.41 Å². The number of hydrazine groups is 1. The van der Waals surface area contributed by atoms with Crippen LogP contribution < -0.4 is 10.7 Å². The van der Waals surface area contributed by atoms with Gasteiger partial charge in [0.1, 0.15) is 0 Å². The predicted molar refractivity (Wildman–Crippen MR) is 56.7 cm³/mol. The van der Waals surface area contributed by atoms with E-state index in [9.17, 15) is 4.79 Å². The van der Waals surface area contributed by atoms with E-state index in [0.717, 1.165) is 32.4 Å². The minimum absolute atomic E-state index is 0.161. The summed E-state index contributed by atoms with van der Waals surface area (Å²) in [6.45, 7) is 3.91. The highest BCUT2D eigenvalue weighted by Gasteiger charge is 2.40. The third-order valence-corrected chi connectivity index (χ3v) is 2.78. The molecule has 1 aliphatic heterocycles. The van der Waals surface area contributed by atoms with Gasteiger partial charge in [0.2, 0.25) is 5.91 Å². The van der Waals surface area contributed by atoms with E-state index in [0.29, 0.717) is 0 Å². The van der Waals surface area contributed by atoms with Crippen molar-refractivity contribution < 1.29 is 4.79 Å². The zero-order valence-corrected chi connectivity index (χ0v) is 9.39. The van der Waals surface area contributed by atoms with E-state index in [-0.39, 0.29) is 11.3 Å². The Balaban J connectivity index is 2.62. The molecule has 0 aromatic heterocycles. The van der Waals surface area contributed by atoms with Crippen LogP contribution in [0.2, 0.25) is 0 Å². The first-order valence-electron chi connectivity index (χ1n) is 5.30. The number of hydrogen-bond donors (Lipinski definition) is 2. The van der Waals surface area contributed by atoms with E-state index >= 15 is 0 Å². The molecule has 14 heavy (non-hydrogen) atoms. The Kier molecular flexibility index (Phi) is 3.89. The molecule has 0 radical (unpaired) electrons. The van der Waals surface area contributed by atoms with E-state index in [4.69, 9.17) is 0 Å². The van der Waals surface area contributed by atoms with Crippen molar-refractivity contribution in [3.05, 3.63) is 0 Å². The fraction of sp³-hybridized carbons (Fsp3) is 0.900. The Labute approximate surface area is 86.0 Å². The summed E-state index contributed by atoms with van der Waals surface area (Å²) in [4.78, 5) is 12.0. The number of nitrogens with one attached hydrogen (secondary N) is 2. The normalized spacial score (nSPS) is 26.9. The van der Waals surface area contributed by atoms with Gasteiger partial charge in [-0.15, -0.1) is 0 Å². The van der Waals surface area contributed by atoms with Crippen LogP contribution in [0.5, 0.6) is 0 Å². The molecular formula is C10H21N3O. The lowest BCUT2D eigenvalue weighted by Gasteiger charge is -2.28. The second-order valence-corrected chi connectivity index (χ2v) is 4.29. The molecule has 1 saturated heterocycles. The highest BCUT2D eigenvalue weighted by Crippen LogP contribution is 2.31. The van der Waals surface area contributed by atoms with Gasteiger partial charge in [-0.2, -0.15) is 0 Å². The zero-order valence-electron chi connectivity index (χ0n) is 9.39. The molecule has 1 aliphatic rings. The van der Waals surface area contributed by atoms with Crippen molar-refractivity contribution in [2.45, 2.75) is 26.2 Å². The van der Waals surface area contributed by atoms with Crippen LogP contribution in [0.3, 0.4) is 0 Å². The average molecular weight is 199 g/mol.